The van der Waals surface area contributed by atoms with Gasteiger partial charge in [0.15, 0.2) is 0 Å². The number of rotatable bonds is 1. The van der Waals surface area contributed by atoms with Crippen molar-refractivity contribution in [3.8, 4) is 0 Å². The Kier molecular flexibility index (Phi) is 1.99. The predicted molar refractivity (Wildman–Crippen MR) is 66.2 cm³/mol. The molecule has 5 rings (SSSR count). The molecule has 1 heterocycles. The van der Waals surface area contributed by atoms with E-state index < -0.39 is 0 Å². The Labute approximate surface area is 102 Å². The minimum atomic E-state index is 0.629. The Hall–Kier alpha value is -1.12. The van der Waals surface area contributed by atoms with Crippen molar-refractivity contribution in [1.29, 1.82) is 0 Å². The first-order chi connectivity index (χ1) is 8.29. The molecule has 0 saturated heterocycles. The van der Waals surface area contributed by atoms with E-state index in [1.165, 1.54) is 37.8 Å². The van der Waals surface area contributed by atoms with Crippen LogP contribution in [0.3, 0.4) is 0 Å². The molecule has 4 aliphatic rings. The highest BCUT2D eigenvalue weighted by atomic mass is 14.9. The molecule has 3 nitrogen and oxygen atoms in total. The Morgan fingerprint density at radius 3 is 2.18 bits per heavy atom. The van der Waals surface area contributed by atoms with E-state index in [0.29, 0.717) is 11.7 Å². The van der Waals surface area contributed by atoms with Crippen molar-refractivity contribution in [2.45, 2.75) is 38.0 Å². The summed E-state index contributed by atoms with van der Waals surface area (Å²) in [6, 6.07) is 2.01. The third-order valence-corrected chi connectivity index (χ3v) is 5.28. The summed E-state index contributed by atoms with van der Waals surface area (Å²) in [4.78, 5) is 8.51. The Morgan fingerprint density at radius 1 is 0.941 bits per heavy atom. The van der Waals surface area contributed by atoms with Crippen LogP contribution in [0.1, 0.15) is 43.7 Å². The van der Waals surface area contributed by atoms with Gasteiger partial charge in [0.2, 0.25) is 0 Å². The first-order valence-corrected chi connectivity index (χ1v) is 6.87. The van der Waals surface area contributed by atoms with E-state index in [1.54, 1.807) is 6.33 Å². The van der Waals surface area contributed by atoms with Crippen LogP contribution in [-0.2, 0) is 0 Å². The standard InChI is InChI=1S/C14H19N3/c15-13-6-12(16-7-17-13)14-10-2-8-1-9(4-10)5-11(14)3-8/h6-11,14H,1-5H2,(H2,15,16,17). The van der Waals surface area contributed by atoms with Gasteiger partial charge in [-0.05, 0) is 55.8 Å². The van der Waals surface area contributed by atoms with Crippen LogP contribution in [0.5, 0.6) is 0 Å². The Bertz CT molecular complexity index is 415. The largest absolute Gasteiger partial charge is 0.384 e. The van der Waals surface area contributed by atoms with Crippen LogP contribution in [0.25, 0.3) is 0 Å². The fourth-order valence-corrected chi connectivity index (χ4v) is 4.98. The summed E-state index contributed by atoms with van der Waals surface area (Å²) in [5.74, 6) is 5.10. The minimum absolute atomic E-state index is 0.629. The maximum Gasteiger partial charge on any atom is 0.127 e. The maximum atomic E-state index is 5.80. The molecule has 0 aromatic carbocycles. The molecular formula is C14H19N3. The topological polar surface area (TPSA) is 51.8 Å². The molecule has 1 aromatic heterocycles. The molecule has 17 heavy (non-hydrogen) atoms. The molecule has 0 spiro atoms. The van der Waals surface area contributed by atoms with Crippen molar-refractivity contribution in [1.82, 2.24) is 9.97 Å². The van der Waals surface area contributed by atoms with Gasteiger partial charge in [-0.25, -0.2) is 9.97 Å². The lowest BCUT2D eigenvalue weighted by Gasteiger charge is -2.54. The molecule has 0 aliphatic heterocycles. The average molecular weight is 229 g/mol. The van der Waals surface area contributed by atoms with Gasteiger partial charge in [-0.15, -0.1) is 0 Å². The number of nitrogens with two attached hydrogens (primary N) is 1. The molecule has 3 heteroatoms. The first-order valence-electron chi connectivity index (χ1n) is 6.87. The summed E-state index contributed by atoms with van der Waals surface area (Å²) < 4.78 is 0. The molecule has 1 aromatic rings. The smallest absolute Gasteiger partial charge is 0.127 e. The second kappa shape index (κ2) is 3.44. The zero-order chi connectivity index (χ0) is 11.4. The molecule has 0 radical (unpaired) electrons. The molecule has 0 unspecified atom stereocenters. The average Bonchev–Trinajstić information content (AvgIpc) is 2.27. The van der Waals surface area contributed by atoms with Gasteiger partial charge in [0.25, 0.3) is 0 Å². The number of nitrogens with zero attached hydrogens (tertiary/aromatic N) is 2. The quantitative estimate of drug-likeness (QED) is 0.805. The number of aromatic nitrogens is 2. The van der Waals surface area contributed by atoms with Crippen molar-refractivity contribution in [2.75, 3.05) is 5.73 Å². The van der Waals surface area contributed by atoms with Crippen LogP contribution in [0.4, 0.5) is 5.82 Å². The molecule has 4 fully saturated rings. The minimum Gasteiger partial charge on any atom is -0.384 e. The van der Waals surface area contributed by atoms with Crippen LogP contribution in [0.15, 0.2) is 12.4 Å². The molecule has 0 amide bonds. The van der Waals surface area contributed by atoms with E-state index in [2.05, 4.69) is 9.97 Å². The molecule has 90 valence electrons. The van der Waals surface area contributed by atoms with Crippen LogP contribution in [0.2, 0.25) is 0 Å². The molecule has 0 atom stereocenters. The van der Waals surface area contributed by atoms with Crippen molar-refractivity contribution in [3.05, 3.63) is 18.1 Å². The van der Waals surface area contributed by atoms with Crippen molar-refractivity contribution in [3.63, 3.8) is 0 Å². The highest BCUT2D eigenvalue weighted by Gasteiger charge is 2.49. The maximum absolute atomic E-state index is 5.80. The lowest BCUT2D eigenvalue weighted by molar-refractivity contribution is -0.00416. The van der Waals surface area contributed by atoms with Crippen molar-refractivity contribution < 1.29 is 0 Å². The van der Waals surface area contributed by atoms with Gasteiger partial charge in [-0.3, -0.25) is 0 Å². The lowest BCUT2D eigenvalue weighted by Crippen LogP contribution is -2.44. The van der Waals surface area contributed by atoms with E-state index >= 15 is 0 Å². The van der Waals surface area contributed by atoms with Crippen LogP contribution >= 0.6 is 0 Å². The fraction of sp³-hybridized carbons (Fsp3) is 0.714. The summed E-state index contributed by atoms with van der Waals surface area (Å²) in [6.45, 7) is 0. The molecule has 4 bridgehead atoms. The molecular weight excluding hydrogens is 210 g/mol. The summed E-state index contributed by atoms with van der Waals surface area (Å²) in [5.41, 5.74) is 7.01. The van der Waals surface area contributed by atoms with Crippen molar-refractivity contribution >= 4 is 5.82 Å². The van der Waals surface area contributed by atoms with E-state index in [4.69, 9.17) is 5.73 Å². The fourth-order valence-electron chi connectivity index (χ4n) is 4.98. The van der Waals surface area contributed by atoms with Gasteiger partial charge >= 0.3 is 0 Å². The number of nitrogen functional groups attached to an aromatic ring is 1. The monoisotopic (exact) mass is 229 g/mol. The van der Waals surface area contributed by atoms with Gasteiger partial charge < -0.3 is 5.73 Å². The zero-order valence-corrected chi connectivity index (χ0v) is 10.0. The summed E-state index contributed by atoms with van der Waals surface area (Å²) in [7, 11) is 0. The normalized spacial score (nSPS) is 42.9. The summed E-state index contributed by atoms with van der Waals surface area (Å²) >= 11 is 0. The highest BCUT2D eigenvalue weighted by molar-refractivity contribution is 5.31. The SMILES string of the molecule is Nc1cc(C2C3CC4CC(C3)CC2C4)ncn1. The second-order valence-electron chi connectivity index (χ2n) is 6.32. The Balaban J connectivity index is 1.70. The van der Waals surface area contributed by atoms with Gasteiger partial charge in [0, 0.05) is 17.7 Å². The number of anilines is 1. The van der Waals surface area contributed by atoms with Crippen molar-refractivity contribution in [2.24, 2.45) is 23.7 Å². The Morgan fingerprint density at radius 2 is 1.59 bits per heavy atom. The lowest BCUT2D eigenvalue weighted by atomic mass is 9.51. The van der Waals surface area contributed by atoms with Crippen LogP contribution in [-0.4, -0.2) is 9.97 Å². The predicted octanol–water partition coefficient (Wildman–Crippen LogP) is 2.60. The van der Waals surface area contributed by atoms with E-state index in [0.717, 1.165) is 23.7 Å². The number of hydrogen-bond donors (Lipinski definition) is 1. The van der Waals surface area contributed by atoms with Gasteiger partial charge in [0.1, 0.15) is 12.1 Å². The molecule has 4 saturated carbocycles. The first kappa shape index (κ1) is 9.86. The zero-order valence-electron chi connectivity index (χ0n) is 10.0. The van der Waals surface area contributed by atoms with E-state index in [1.807, 2.05) is 6.07 Å². The molecule has 4 aliphatic carbocycles. The van der Waals surface area contributed by atoms with Gasteiger partial charge in [0.05, 0.1) is 0 Å². The third-order valence-electron chi connectivity index (χ3n) is 5.28. The van der Waals surface area contributed by atoms with Gasteiger partial charge in [-0.2, -0.15) is 0 Å². The highest BCUT2D eigenvalue weighted by Crippen LogP contribution is 2.59. The third kappa shape index (κ3) is 1.48. The number of hydrogen-bond acceptors (Lipinski definition) is 3. The van der Waals surface area contributed by atoms with Gasteiger partial charge in [-0.1, -0.05) is 0 Å². The summed E-state index contributed by atoms with van der Waals surface area (Å²) in [6.07, 6.45) is 8.87. The van der Waals surface area contributed by atoms with E-state index in [9.17, 15) is 0 Å². The second-order valence-corrected chi connectivity index (χ2v) is 6.32. The van der Waals surface area contributed by atoms with Crippen LogP contribution < -0.4 is 5.73 Å². The summed E-state index contributed by atoms with van der Waals surface area (Å²) in [5, 5.41) is 0. The molecule has 2 N–H and O–H groups in total. The van der Waals surface area contributed by atoms with Crippen LogP contribution in [0, 0.1) is 23.7 Å². The van der Waals surface area contributed by atoms with E-state index in [-0.39, 0.29) is 0 Å².